The fourth-order valence-electron chi connectivity index (χ4n) is 2.19. The van der Waals surface area contributed by atoms with Crippen LogP contribution in [-0.4, -0.2) is 56.5 Å². The van der Waals surface area contributed by atoms with Gasteiger partial charge in [0, 0.05) is 14.1 Å². The first-order chi connectivity index (χ1) is 13.0. The van der Waals surface area contributed by atoms with Gasteiger partial charge in [0.25, 0.3) is 5.91 Å². The number of hydrogen-bond acceptors (Lipinski definition) is 5. The van der Waals surface area contributed by atoms with E-state index in [4.69, 9.17) is 9.47 Å². The lowest BCUT2D eigenvalue weighted by molar-refractivity contribution is -0.153. The van der Waals surface area contributed by atoms with E-state index in [2.05, 4.69) is 5.32 Å². The summed E-state index contributed by atoms with van der Waals surface area (Å²) < 4.78 is 10.2. The average molecular weight is 370 g/mol. The maximum absolute atomic E-state index is 11.8. The zero-order chi connectivity index (χ0) is 19.6. The van der Waals surface area contributed by atoms with Crippen molar-refractivity contribution in [1.29, 1.82) is 0 Å². The number of rotatable bonds is 8. The molecular weight excluding hydrogens is 348 g/mol. The first kappa shape index (κ1) is 20.0. The van der Waals surface area contributed by atoms with E-state index in [-0.39, 0.29) is 19.1 Å². The fraction of sp³-hybridized carbons (Fsp3) is 0.250. The molecule has 2 aromatic carbocycles. The van der Waals surface area contributed by atoms with Crippen molar-refractivity contribution in [3.05, 3.63) is 54.6 Å². The number of carbonyl (C=O) groups is 3. The lowest BCUT2D eigenvalue weighted by Crippen LogP contribution is -2.39. The predicted molar refractivity (Wildman–Crippen MR) is 100 cm³/mol. The standard InChI is InChI=1S/C20H22N2O5/c1-21-18(23)12-22(2)19(24)13-27-20(25)14-26-17-10-8-16(9-11-17)15-6-4-3-5-7-15/h3-11H,12-14H2,1-2H3,(H,21,23). The van der Waals surface area contributed by atoms with Crippen LogP contribution < -0.4 is 10.1 Å². The van der Waals surface area contributed by atoms with E-state index in [0.29, 0.717) is 5.75 Å². The van der Waals surface area contributed by atoms with Gasteiger partial charge in [0.15, 0.2) is 13.2 Å². The van der Waals surface area contributed by atoms with Crippen LogP contribution in [0.15, 0.2) is 54.6 Å². The monoisotopic (exact) mass is 370 g/mol. The van der Waals surface area contributed by atoms with Gasteiger partial charge >= 0.3 is 5.97 Å². The van der Waals surface area contributed by atoms with Crippen LogP contribution in [0.5, 0.6) is 5.75 Å². The van der Waals surface area contributed by atoms with Gasteiger partial charge in [0.1, 0.15) is 5.75 Å². The summed E-state index contributed by atoms with van der Waals surface area (Å²) in [4.78, 5) is 35.9. The molecule has 0 aliphatic heterocycles. The summed E-state index contributed by atoms with van der Waals surface area (Å²) in [7, 11) is 2.93. The van der Waals surface area contributed by atoms with Gasteiger partial charge in [-0.1, -0.05) is 42.5 Å². The van der Waals surface area contributed by atoms with E-state index in [0.717, 1.165) is 11.1 Å². The molecule has 0 unspecified atom stereocenters. The SMILES string of the molecule is CNC(=O)CN(C)C(=O)COC(=O)COc1ccc(-c2ccccc2)cc1. The van der Waals surface area contributed by atoms with Crippen molar-refractivity contribution in [3.63, 3.8) is 0 Å². The maximum Gasteiger partial charge on any atom is 0.344 e. The van der Waals surface area contributed by atoms with Crippen molar-refractivity contribution < 1.29 is 23.9 Å². The summed E-state index contributed by atoms with van der Waals surface area (Å²) in [5, 5.41) is 2.41. The quantitative estimate of drug-likeness (QED) is 0.712. The van der Waals surface area contributed by atoms with Gasteiger partial charge in [-0.25, -0.2) is 4.79 Å². The molecule has 0 aliphatic rings. The number of nitrogens with zero attached hydrogens (tertiary/aromatic N) is 1. The molecule has 0 aromatic heterocycles. The summed E-state index contributed by atoms with van der Waals surface area (Å²) in [6, 6.07) is 17.2. The third kappa shape index (κ3) is 6.47. The summed E-state index contributed by atoms with van der Waals surface area (Å²) in [6.07, 6.45) is 0. The highest BCUT2D eigenvalue weighted by Crippen LogP contribution is 2.21. The second kappa shape index (κ2) is 9.96. The Hall–Kier alpha value is -3.35. The lowest BCUT2D eigenvalue weighted by atomic mass is 10.1. The second-order valence-corrected chi connectivity index (χ2v) is 5.76. The van der Waals surface area contributed by atoms with Crippen LogP contribution in [0.25, 0.3) is 11.1 Å². The molecule has 0 saturated carbocycles. The Bertz CT molecular complexity index is 775. The number of ether oxygens (including phenoxy) is 2. The van der Waals surface area contributed by atoms with Crippen LogP contribution in [0.3, 0.4) is 0 Å². The van der Waals surface area contributed by atoms with Crippen molar-refractivity contribution in [1.82, 2.24) is 10.2 Å². The predicted octanol–water partition coefficient (Wildman–Crippen LogP) is 1.48. The molecular formula is C20H22N2O5. The number of likely N-dealkylation sites (N-methyl/N-ethyl adjacent to an activating group) is 2. The molecule has 0 bridgehead atoms. The molecule has 0 atom stereocenters. The van der Waals surface area contributed by atoms with Crippen LogP contribution in [0.1, 0.15) is 0 Å². The Morgan fingerprint density at radius 1 is 0.926 bits per heavy atom. The molecule has 0 aliphatic carbocycles. The van der Waals surface area contributed by atoms with Crippen LogP contribution in [0.4, 0.5) is 0 Å². The number of esters is 1. The maximum atomic E-state index is 11.8. The van der Waals surface area contributed by atoms with E-state index in [9.17, 15) is 14.4 Å². The van der Waals surface area contributed by atoms with E-state index < -0.39 is 18.5 Å². The molecule has 7 heteroatoms. The van der Waals surface area contributed by atoms with Gasteiger partial charge in [-0.2, -0.15) is 0 Å². The number of nitrogens with one attached hydrogen (secondary N) is 1. The van der Waals surface area contributed by atoms with Crippen molar-refractivity contribution in [3.8, 4) is 16.9 Å². The van der Waals surface area contributed by atoms with Gasteiger partial charge in [-0.15, -0.1) is 0 Å². The molecule has 0 spiro atoms. The Balaban J connectivity index is 1.75. The second-order valence-electron chi connectivity index (χ2n) is 5.76. The van der Waals surface area contributed by atoms with Crippen molar-refractivity contribution >= 4 is 17.8 Å². The van der Waals surface area contributed by atoms with Gasteiger partial charge in [0.05, 0.1) is 6.54 Å². The molecule has 0 fully saturated rings. The van der Waals surface area contributed by atoms with Gasteiger partial charge < -0.3 is 19.7 Å². The zero-order valence-corrected chi connectivity index (χ0v) is 15.3. The Labute approximate surface area is 157 Å². The molecule has 0 heterocycles. The van der Waals surface area contributed by atoms with Crippen molar-refractivity contribution in [2.75, 3.05) is 33.9 Å². The van der Waals surface area contributed by atoms with Crippen molar-refractivity contribution in [2.24, 2.45) is 0 Å². The first-order valence-electron chi connectivity index (χ1n) is 8.38. The number of benzene rings is 2. The topological polar surface area (TPSA) is 84.9 Å². The molecule has 0 saturated heterocycles. The molecule has 142 valence electrons. The highest BCUT2D eigenvalue weighted by atomic mass is 16.6. The third-order valence-electron chi connectivity index (χ3n) is 3.76. The Kier molecular flexibility index (Phi) is 7.37. The van der Waals surface area contributed by atoms with Crippen LogP contribution >= 0.6 is 0 Å². The van der Waals surface area contributed by atoms with E-state index in [1.165, 1.54) is 19.0 Å². The van der Waals surface area contributed by atoms with Gasteiger partial charge in [-0.3, -0.25) is 9.59 Å². The van der Waals surface area contributed by atoms with E-state index in [1.807, 2.05) is 42.5 Å². The minimum Gasteiger partial charge on any atom is -0.482 e. The smallest absolute Gasteiger partial charge is 0.344 e. The molecule has 7 nitrogen and oxygen atoms in total. The molecule has 2 amide bonds. The van der Waals surface area contributed by atoms with Crippen LogP contribution in [0.2, 0.25) is 0 Å². The molecule has 27 heavy (non-hydrogen) atoms. The third-order valence-corrected chi connectivity index (χ3v) is 3.76. The normalized spacial score (nSPS) is 10.0. The summed E-state index contributed by atoms with van der Waals surface area (Å²) in [5.41, 5.74) is 2.12. The van der Waals surface area contributed by atoms with Gasteiger partial charge in [-0.05, 0) is 23.3 Å². The zero-order valence-electron chi connectivity index (χ0n) is 15.3. The minimum absolute atomic E-state index is 0.100. The number of hydrogen-bond donors (Lipinski definition) is 1. The van der Waals surface area contributed by atoms with Crippen LogP contribution in [0, 0.1) is 0 Å². The fourth-order valence-corrected chi connectivity index (χ4v) is 2.19. The molecule has 0 radical (unpaired) electrons. The highest BCUT2D eigenvalue weighted by molar-refractivity contribution is 5.86. The highest BCUT2D eigenvalue weighted by Gasteiger charge is 2.14. The van der Waals surface area contributed by atoms with E-state index in [1.54, 1.807) is 12.1 Å². The number of amides is 2. The summed E-state index contributed by atoms with van der Waals surface area (Å²) in [6.45, 7) is -0.850. The largest absolute Gasteiger partial charge is 0.482 e. The van der Waals surface area contributed by atoms with Gasteiger partial charge in [0.2, 0.25) is 5.91 Å². The molecule has 2 rings (SSSR count). The van der Waals surface area contributed by atoms with Crippen LogP contribution in [-0.2, 0) is 19.1 Å². The minimum atomic E-state index is -0.663. The average Bonchev–Trinajstić information content (AvgIpc) is 2.71. The Morgan fingerprint density at radius 2 is 1.56 bits per heavy atom. The van der Waals surface area contributed by atoms with Crippen molar-refractivity contribution in [2.45, 2.75) is 0 Å². The summed E-state index contributed by atoms with van der Waals surface area (Å²) >= 11 is 0. The first-order valence-corrected chi connectivity index (χ1v) is 8.38. The lowest BCUT2D eigenvalue weighted by Gasteiger charge is -2.16. The Morgan fingerprint density at radius 3 is 2.19 bits per heavy atom. The molecule has 1 N–H and O–H groups in total. The molecule has 2 aromatic rings. The van der Waals surface area contributed by atoms with E-state index >= 15 is 0 Å². The number of carbonyl (C=O) groups excluding carboxylic acids is 3. The summed E-state index contributed by atoms with van der Waals surface area (Å²) in [5.74, 6) is -0.919.